The summed E-state index contributed by atoms with van der Waals surface area (Å²) in [6, 6.07) is 4.43. The van der Waals surface area contributed by atoms with Gasteiger partial charge in [-0.3, -0.25) is 4.98 Å². The molecule has 0 aliphatic carbocycles. The normalized spacial score (nSPS) is 10.6. The van der Waals surface area contributed by atoms with Crippen molar-refractivity contribution < 1.29 is 4.42 Å². The molecule has 0 amide bonds. The molecule has 6 heteroatoms. The maximum absolute atomic E-state index is 5.41. The van der Waals surface area contributed by atoms with Crippen molar-refractivity contribution in [2.24, 2.45) is 0 Å². The van der Waals surface area contributed by atoms with E-state index in [1.807, 2.05) is 32.2 Å². The highest BCUT2D eigenvalue weighted by Crippen LogP contribution is 2.07. The van der Waals surface area contributed by atoms with E-state index in [4.69, 9.17) is 4.42 Å². The Balaban J connectivity index is 1.86. The number of pyridine rings is 1. The average Bonchev–Trinajstić information content (AvgIpc) is 2.84. The maximum atomic E-state index is 5.41. The molecule has 0 aromatic carbocycles. The second-order valence-corrected chi connectivity index (χ2v) is 3.94. The molecule has 0 atom stereocenters. The number of aryl methyl sites for hydroxylation is 1. The Bertz CT molecular complexity index is 479. The predicted molar refractivity (Wildman–Crippen MR) is 68.0 cm³/mol. The minimum absolute atomic E-state index is 0.434. The van der Waals surface area contributed by atoms with Gasteiger partial charge < -0.3 is 15.1 Å². The molecule has 0 unspecified atom stereocenters. The fraction of sp³-hybridized carbons (Fsp3) is 0.417. The van der Waals surface area contributed by atoms with Crippen LogP contribution in [0.25, 0.3) is 0 Å². The molecule has 2 N–H and O–H groups in total. The number of nitrogens with zero attached hydrogens (tertiary/aromatic N) is 3. The molecule has 0 aliphatic heterocycles. The Kier molecular flexibility index (Phi) is 4.25. The van der Waals surface area contributed by atoms with Crippen LogP contribution < -0.4 is 10.6 Å². The van der Waals surface area contributed by atoms with Crippen LogP contribution in [0.15, 0.2) is 22.7 Å². The fourth-order valence-corrected chi connectivity index (χ4v) is 1.41. The molecule has 2 aromatic rings. The van der Waals surface area contributed by atoms with Crippen molar-refractivity contribution in [1.29, 1.82) is 0 Å². The standard InChI is InChI=1S/C12H17N5O/c1-3-13-8-11-16-17-12(18-11)15-7-10-5-4-9(2)14-6-10/h4-6,13H,3,7-8H2,1-2H3,(H,15,17). The second-order valence-electron chi connectivity index (χ2n) is 3.94. The topological polar surface area (TPSA) is 75.9 Å². The van der Waals surface area contributed by atoms with Crippen LogP contribution in [-0.2, 0) is 13.1 Å². The third-order valence-electron chi connectivity index (χ3n) is 2.41. The lowest BCUT2D eigenvalue weighted by Gasteiger charge is -2.01. The number of rotatable bonds is 6. The number of aromatic nitrogens is 3. The van der Waals surface area contributed by atoms with Crippen molar-refractivity contribution in [1.82, 2.24) is 20.5 Å². The van der Waals surface area contributed by atoms with Crippen molar-refractivity contribution in [2.45, 2.75) is 26.9 Å². The molecular formula is C12H17N5O. The summed E-state index contributed by atoms with van der Waals surface area (Å²) in [4.78, 5) is 4.22. The largest absolute Gasteiger partial charge is 0.407 e. The van der Waals surface area contributed by atoms with E-state index in [0.29, 0.717) is 25.0 Å². The second kappa shape index (κ2) is 6.11. The van der Waals surface area contributed by atoms with E-state index in [9.17, 15) is 0 Å². The van der Waals surface area contributed by atoms with Gasteiger partial charge in [-0.1, -0.05) is 18.1 Å². The first-order valence-electron chi connectivity index (χ1n) is 5.96. The minimum Gasteiger partial charge on any atom is -0.407 e. The lowest BCUT2D eigenvalue weighted by atomic mass is 10.2. The van der Waals surface area contributed by atoms with Crippen LogP contribution in [0.1, 0.15) is 24.1 Å². The molecule has 2 rings (SSSR count). The molecule has 18 heavy (non-hydrogen) atoms. The summed E-state index contributed by atoms with van der Waals surface area (Å²) in [5.41, 5.74) is 2.08. The molecule has 0 bridgehead atoms. The number of hydrogen-bond donors (Lipinski definition) is 2. The molecule has 0 aliphatic rings. The van der Waals surface area contributed by atoms with Crippen molar-refractivity contribution in [3.8, 4) is 0 Å². The van der Waals surface area contributed by atoms with Gasteiger partial charge in [0.25, 0.3) is 0 Å². The van der Waals surface area contributed by atoms with Gasteiger partial charge in [-0.25, -0.2) is 0 Å². The Morgan fingerprint density at radius 3 is 2.83 bits per heavy atom. The first-order valence-corrected chi connectivity index (χ1v) is 5.96. The number of nitrogens with one attached hydrogen (secondary N) is 2. The first kappa shape index (κ1) is 12.5. The van der Waals surface area contributed by atoms with Gasteiger partial charge in [0, 0.05) is 18.4 Å². The van der Waals surface area contributed by atoms with E-state index in [-0.39, 0.29) is 0 Å². The molecule has 0 saturated heterocycles. The smallest absolute Gasteiger partial charge is 0.315 e. The summed E-state index contributed by atoms with van der Waals surface area (Å²) in [7, 11) is 0. The van der Waals surface area contributed by atoms with Crippen LogP contribution in [0.3, 0.4) is 0 Å². The summed E-state index contributed by atoms with van der Waals surface area (Å²) >= 11 is 0. The zero-order valence-electron chi connectivity index (χ0n) is 10.6. The maximum Gasteiger partial charge on any atom is 0.315 e. The van der Waals surface area contributed by atoms with E-state index in [0.717, 1.165) is 17.8 Å². The van der Waals surface area contributed by atoms with E-state index in [2.05, 4.69) is 25.8 Å². The monoisotopic (exact) mass is 247 g/mol. The lowest BCUT2D eigenvalue weighted by Crippen LogP contribution is -2.11. The van der Waals surface area contributed by atoms with Gasteiger partial charge in [-0.2, -0.15) is 0 Å². The van der Waals surface area contributed by atoms with Crippen molar-refractivity contribution in [3.05, 3.63) is 35.5 Å². The minimum atomic E-state index is 0.434. The van der Waals surface area contributed by atoms with Crippen LogP contribution in [0.4, 0.5) is 6.01 Å². The van der Waals surface area contributed by atoms with Gasteiger partial charge in [0.05, 0.1) is 6.54 Å². The third kappa shape index (κ3) is 3.53. The quantitative estimate of drug-likeness (QED) is 0.805. The van der Waals surface area contributed by atoms with Crippen LogP contribution in [0, 0.1) is 6.92 Å². The van der Waals surface area contributed by atoms with Gasteiger partial charge in [-0.05, 0) is 25.1 Å². The van der Waals surface area contributed by atoms with E-state index < -0.39 is 0 Å². The van der Waals surface area contributed by atoms with Gasteiger partial charge in [0.2, 0.25) is 5.89 Å². The average molecular weight is 247 g/mol. The van der Waals surface area contributed by atoms with Crippen molar-refractivity contribution in [3.63, 3.8) is 0 Å². The Hall–Kier alpha value is -1.95. The van der Waals surface area contributed by atoms with Crippen molar-refractivity contribution >= 4 is 6.01 Å². The zero-order chi connectivity index (χ0) is 12.8. The fourth-order valence-electron chi connectivity index (χ4n) is 1.41. The van der Waals surface area contributed by atoms with Crippen molar-refractivity contribution in [2.75, 3.05) is 11.9 Å². The molecular weight excluding hydrogens is 230 g/mol. The molecule has 2 heterocycles. The molecule has 0 spiro atoms. The van der Waals surface area contributed by atoms with Gasteiger partial charge in [0.15, 0.2) is 0 Å². The van der Waals surface area contributed by atoms with Crippen LogP contribution in [0.2, 0.25) is 0 Å². The molecule has 2 aromatic heterocycles. The highest BCUT2D eigenvalue weighted by molar-refractivity contribution is 5.22. The highest BCUT2D eigenvalue weighted by Gasteiger charge is 2.04. The van der Waals surface area contributed by atoms with E-state index in [1.54, 1.807) is 0 Å². The Morgan fingerprint density at radius 1 is 1.22 bits per heavy atom. The molecule has 0 saturated carbocycles. The van der Waals surface area contributed by atoms with Gasteiger partial charge in [-0.15, -0.1) is 5.10 Å². The van der Waals surface area contributed by atoms with Crippen LogP contribution in [-0.4, -0.2) is 21.7 Å². The molecule has 6 nitrogen and oxygen atoms in total. The Labute approximate surface area is 106 Å². The SMILES string of the molecule is CCNCc1nnc(NCc2ccc(C)nc2)o1. The molecule has 96 valence electrons. The lowest BCUT2D eigenvalue weighted by molar-refractivity contribution is 0.481. The Morgan fingerprint density at radius 2 is 2.11 bits per heavy atom. The first-order chi connectivity index (χ1) is 8.78. The highest BCUT2D eigenvalue weighted by atomic mass is 16.4. The number of anilines is 1. The zero-order valence-corrected chi connectivity index (χ0v) is 10.6. The third-order valence-corrected chi connectivity index (χ3v) is 2.41. The summed E-state index contributed by atoms with van der Waals surface area (Å²) in [6.45, 7) is 6.08. The van der Waals surface area contributed by atoms with Gasteiger partial charge >= 0.3 is 6.01 Å². The summed E-state index contributed by atoms with van der Waals surface area (Å²) < 4.78 is 5.41. The summed E-state index contributed by atoms with van der Waals surface area (Å²) in [5, 5.41) is 14.0. The predicted octanol–water partition coefficient (Wildman–Crippen LogP) is 1.49. The van der Waals surface area contributed by atoms with E-state index >= 15 is 0 Å². The summed E-state index contributed by atoms with van der Waals surface area (Å²) in [5.74, 6) is 0.585. The summed E-state index contributed by atoms with van der Waals surface area (Å²) in [6.07, 6.45) is 1.83. The van der Waals surface area contributed by atoms with Gasteiger partial charge in [0.1, 0.15) is 0 Å². The van der Waals surface area contributed by atoms with E-state index in [1.165, 1.54) is 0 Å². The molecule has 0 radical (unpaired) electrons. The number of hydrogen-bond acceptors (Lipinski definition) is 6. The van der Waals surface area contributed by atoms with Crippen LogP contribution in [0.5, 0.6) is 0 Å². The van der Waals surface area contributed by atoms with Crippen LogP contribution >= 0.6 is 0 Å². The molecule has 0 fully saturated rings.